The number of fused-ring (bicyclic) bond motifs is 1. The Labute approximate surface area is 138 Å². The summed E-state index contributed by atoms with van der Waals surface area (Å²) in [5.74, 6) is 0.460. The minimum absolute atomic E-state index is 0.262. The van der Waals surface area contributed by atoms with Crippen molar-refractivity contribution < 1.29 is 4.79 Å². The van der Waals surface area contributed by atoms with Gasteiger partial charge < -0.3 is 4.98 Å². The number of imidazole rings is 1. The summed E-state index contributed by atoms with van der Waals surface area (Å²) in [7, 11) is 0. The molecule has 0 aliphatic carbocycles. The van der Waals surface area contributed by atoms with Crippen molar-refractivity contribution in [2.24, 2.45) is 0 Å². The predicted molar refractivity (Wildman–Crippen MR) is 90.7 cm³/mol. The number of carbonyl (C=O) groups is 1. The highest BCUT2D eigenvalue weighted by atomic mass is 16.2. The lowest BCUT2D eigenvalue weighted by atomic mass is 10.1. The number of amides is 2. The van der Waals surface area contributed by atoms with Crippen LogP contribution in [0.4, 0.5) is 16.4 Å². The van der Waals surface area contributed by atoms with Gasteiger partial charge in [-0.25, -0.2) is 21.3 Å². The summed E-state index contributed by atoms with van der Waals surface area (Å²) < 4.78 is 0. The van der Waals surface area contributed by atoms with Crippen molar-refractivity contribution in [3.63, 3.8) is 0 Å². The number of rotatable bonds is 2. The fourth-order valence-corrected chi connectivity index (χ4v) is 2.95. The molecule has 2 aromatic heterocycles. The molecular formula is C17H14N6O. The molecule has 0 radical (unpaired) electrons. The normalized spacial score (nSPS) is 17.5. The summed E-state index contributed by atoms with van der Waals surface area (Å²) >= 11 is 0. The number of carbonyl (C=O) groups excluding carboxylic acids is 1. The molecule has 1 atom stereocenters. The van der Waals surface area contributed by atoms with Gasteiger partial charge in [-0.05, 0) is 6.92 Å². The Morgan fingerprint density at radius 2 is 2.12 bits per heavy atom. The van der Waals surface area contributed by atoms with Gasteiger partial charge in [-0.2, -0.15) is 0 Å². The van der Waals surface area contributed by atoms with E-state index in [-0.39, 0.29) is 12.6 Å². The molecule has 0 spiro atoms. The highest BCUT2D eigenvalue weighted by Gasteiger charge is 2.45. The maximum Gasteiger partial charge on any atom is 0.337 e. The number of nitrogens with zero attached hydrogens (tertiary/aromatic N) is 5. The van der Waals surface area contributed by atoms with Gasteiger partial charge >= 0.3 is 12.2 Å². The molecule has 0 saturated carbocycles. The Hall–Kier alpha value is -3.40. The second-order valence-corrected chi connectivity index (χ2v) is 5.64. The average molecular weight is 318 g/mol. The molecule has 1 aliphatic rings. The van der Waals surface area contributed by atoms with Crippen LogP contribution in [-0.4, -0.2) is 33.7 Å². The summed E-state index contributed by atoms with van der Waals surface area (Å²) in [4.78, 5) is 31.1. The van der Waals surface area contributed by atoms with Crippen LogP contribution in [0.5, 0.6) is 0 Å². The van der Waals surface area contributed by atoms with Crippen LogP contribution in [-0.2, 0) is 0 Å². The number of urea groups is 1. The van der Waals surface area contributed by atoms with Crippen molar-refractivity contribution in [1.82, 2.24) is 15.0 Å². The maximum absolute atomic E-state index is 12.9. The van der Waals surface area contributed by atoms with Crippen LogP contribution < -0.4 is 9.80 Å². The molecule has 3 heterocycles. The van der Waals surface area contributed by atoms with E-state index >= 15 is 0 Å². The first kappa shape index (κ1) is 14.2. The van der Waals surface area contributed by atoms with Gasteiger partial charge in [-0.15, -0.1) is 0 Å². The number of aryl methyl sites for hydroxylation is 1. The first-order chi connectivity index (χ1) is 11.7. The molecule has 4 rings (SSSR count). The summed E-state index contributed by atoms with van der Waals surface area (Å²) in [5, 5.41) is 1.82. The summed E-state index contributed by atoms with van der Waals surface area (Å²) in [6.45, 7) is 9.62. The van der Waals surface area contributed by atoms with Crippen molar-refractivity contribution in [3.8, 4) is 0 Å². The zero-order valence-electron chi connectivity index (χ0n) is 13.0. The maximum atomic E-state index is 12.9. The van der Waals surface area contributed by atoms with E-state index in [0.29, 0.717) is 11.6 Å². The quantitative estimate of drug-likeness (QED) is 0.739. The second kappa shape index (κ2) is 5.35. The number of hydrogen-bond donors (Lipinski definition) is 1. The third kappa shape index (κ3) is 2.08. The molecule has 24 heavy (non-hydrogen) atoms. The van der Waals surface area contributed by atoms with Crippen molar-refractivity contribution in [2.45, 2.75) is 13.1 Å². The van der Waals surface area contributed by atoms with Crippen molar-refractivity contribution in [1.29, 1.82) is 0 Å². The number of H-pyrrole nitrogens is 1. The first-order valence-corrected chi connectivity index (χ1v) is 7.50. The molecule has 0 unspecified atom stereocenters. The zero-order chi connectivity index (χ0) is 16.7. The van der Waals surface area contributed by atoms with Gasteiger partial charge in [0.25, 0.3) is 0 Å². The van der Waals surface area contributed by atoms with E-state index in [4.69, 9.17) is 6.57 Å². The van der Waals surface area contributed by atoms with Crippen LogP contribution in [0, 0.1) is 13.5 Å². The van der Waals surface area contributed by atoms with Crippen LogP contribution in [0.2, 0.25) is 0 Å². The number of benzene rings is 1. The van der Waals surface area contributed by atoms with Crippen LogP contribution >= 0.6 is 0 Å². The summed E-state index contributed by atoms with van der Waals surface area (Å²) in [6, 6.07) is 7.42. The molecule has 118 valence electrons. The number of pyridine rings is 1. The van der Waals surface area contributed by atoms with E-state index in [0.717, 1.165) is 16.5 Å². The van der Waals surface area contributed by atoms with E-state index in [1.807, 2.05) is 31.2 Å². The van der Waals surface area contributed by atoms with E-state index < -0.39 is 6.17 Å². The van der Waals surface area contributed by atoms with Gasteiger partial charge in [-0.1, -0.05) is 24.3 Å². The van der Waals surface area contributed by atoms with Crippen LogP contribution in [0.3, 0.4) is 0 Å². The number of hydrogen-bond acceptors (Lipinski definition) is 3. The monoisotopic (exact) mass is 318 g/mol. The Bertz CT molecular complexity index is 967. The molecular weight excluding hydrogens is 304 g/mol. The highest BCUT2D eigenvalue weighted by Crippen LogP contribution is 2.32. The predicted octanol–water partition coefficient (Wildman–Crippen LogP) is 2.96. The van der Waals surface area contributed by atoms with E-state index in [1.165, 1.54) is 9.80 Å². The Morgan fingerprint density at radius 1 is 1.29 bits per heavy atom. The molecule has 2 amide bonds. The minimum atomic E-state index is -0.615. The van der Waals surface area contributed by atoms with Crippen LogP contribution in [0.15, 0.2) is 42.9 Å². The number of aromatic nitrogens is 3. The van der Waals surface area contributed by atoms with E-state index in [9.17, 15) is 4.79 Å². The third-order valence-electron chi connectivity index (χ3n) is 4.08. The van der Waals surface area contributed by atoms with Crippen molar-refractivity contribution in [2.75, 3.05) is 16.3 Å². The topological polar surface area (TPSA) is 69.5 Å². The summed E-state index contributed by atoms with van der Waals surface area (Å²) in [6.07, 6.45) is 4.43. The zero-order valence-corrected chi connectivity index (χ0v) is 13.0. The number of nitrogens with one attached hydrogen (secondary N) is 1. The van der Waals surface area contributed by atoms with Crippen LogP contribution in [0.1, 0.15) is 5.69 Å². The molecule has 7 nitrogen and oxygen atoms in total. The lowest BCUT2D eigenvalue weighted by Crippen LogP contribution is -2.34. The molecule has 1 N–H and O–H groups in total. The van der Waals surface area contributed by atoms with Gasteiger partial charge in [0.1, 0.15) is 6.54 Å². The smallest absolute Gasteiger partial charge is 0.328 e. The number of anilines is 2. The molecule has 1 fully saturated rings. The highest BCUT2D eigenvalue weighted by molar-refractivity contribution is 6.10. The lowest BCUT2D eigenvalue weighted by molar-refractivity contribution is 0.255. The van der Waals surface area contributed by atoms with E-state index in [2.05, 4.69) is 19.8 Å². The molecule has 3 aromatic rings. The third-order valence-corrected chi connectivity index (χ3v) is 4.08. The van der Waals surface area contributed by atoms with Crippen LogP contribution in [0.25, 0.3) is 15.6 Å². The number of aromatic amines is 1. The average Bonchev–Trinajstić information content (AvgIpc) is 3.17. The molecule has 7 heteroatoms. The van der Waals surface area contributed by atoms with Gasteiger partial charge in [0, 0.05) is 28.9 Å². The first-order valence-electron chi connectivity index (χ1n) is 7.50. The van der Waals surface area contributed by atoms with Gasteiger partial charge in [0.15, 0.2) is 0 Å². The van der Waals surface area contributed by atoms with Crippen molar-refractivity contribution in [3.05, 3.63) is 60.0 Å². The minimum Gasteiger partial charge on any atom is -0.328 e. The molecule has 1 aliphatic heterocycles. The Kier molecular flexibility index (Phi) is 3.17. The molecule has 0 bridgehead atoms. The van der Waals surface area contributed by atoms with Gasteiger partial charge in [-0.3, -0.25) is 14.7 Å². The molecule has 1 saturated heterocycles. The SMILES string of the molecule is [C-]#[N+][C@H]1CN(c2ncc(C)[nH]2)C(=O)N1c1cncc2ccccc12. The van der Waals surface area contributed by atoms with E-state index in [1.54, 1.807) is 18.6 Å². The lowest BCUT2D eigenvalue weighted by Gasteiger charge is -2.17. The second-order valence-electron chi connectivity index (χ2n) is 5.64. The fraction of sp³-hybridized carbons (Fsp3) is 0.176. The van der Waals surface area contributed by atoms with Crippen molar-refractivity contribution >= 4 is 28.4 Å². The largest absolute Gasteiger partial charge is 0.337 e. The molecule has 1 aromatic carbocycles. The standard InChI is InChI=1S/C17H14N6O/c1-11-7-20-16(21-11)22-10-15(18-2)23(17(22)24)14-9-19-8-12-5-3-4-6-13(12)14/h3-9,15H,10H2,1H3,(H,20,21)/t15-/m1/s1. The summed E-state index contributed by atoms with van der Waals surface area (Å²) in [5.41, 5.74) is 1.51. The van der Waals surface area contributed by atoms with Gasteiger partial charge in [0.05, 0.1) is 11.9 Å². The fourth-order valence-electron chi connectivity index (χ4n) is 2.95. The Balaban J connectivity index is 1.81. The van der Waals surface area contributed by atoms with Gasteiger partial charge in [0.2, 0.25) is 5.95 Å². The Morgan fingerprint density at radius 3 is 2.88 bits per heavy atom.